The third-order valence-electron chi connectivity index (χ3n) is 6.77. The van der Waals surface area contributed by atoms with E-state index in [1.807, 2.05) is 0 Å². The van der Waals surface area contributed by atoms with E-state index < -0.39 is 13.9 Å². The highest BCUT2D eigenvalue weighted by molar-refractivity contribution is 7.80. The molecule has 0 aromatic heterocycles. The molecule has 0 saturated heterocycles. The lowest BCUT2D eigenvalue weighted by Crippen LogP contribution is -2.23. The van der Waals surface area contributed by atoms with Crippen molar-refractivity contribution < 1.29 is 9.90 Å². The molecule has 0 fully saturated rings. The zero-order valence-electron chi connectivity index (χ0n) is 20.6. The third-order valence-corrected chi connectivity index (χ3v) is 9.26. The van der Waals surface area contributed by atoms with Gasteiger partial charge in [0.25, 0.3) is 0 Å². The Morgan fingerprint density at radius 3 is 1.94 bits per heavy atom. The minimum atomic E-state index is -0.825. The fraction of sp³-hybridized carbons (Fsp3) is 0.121. The molecular weight excluding hydrogens is 459 g/mol. The summed E-state index contributed by atoms with van der Waals surface area (Å²) in [6, 6.07) is 38.9. The van der Waals surface area contributed by atoms with Crippen LogP contribution in [0.1, 0.15) is 23.1 Å². The molecule has 36 heavy (non-hydrogen) atoms. The van der Waals surface area contributed by atoms with Gasteiger partial charge in [0.1, 0.15) is 0 Å². The summed E-state index contributed by atoms with van der Waals surface area (Å²) in [6.45, 7) is 4.35. The standard InChI is InChI=1S/C33H29O2P/c1-23-21-30(33-26(19-20-32(34)35)18-17-25-11-9-10-16-29(25)33)31(22-24(23)2)36(27-12-5-3-6-13-27)28-14-7-4-8-15-28/h3-18,21-22H,19-20H2,1-2H3,(H,34,35). The first-order valence-electron chi connectivity index (χ1n) is 12.3. The van der Waals surface area contributed by atoms with Crippen LogP contribution >= 0.6 is 7.92 Å². The number of aliphatic carboxylic acids is 1. The molecule has 5 aromatic rings. The average molecular weight is 489 g/mol. The van der Waals surface area contributed by atoms with Crippen molar-refractivity contribution in [1.29, 1.82) is 0 Å². The Morgan fingerprint density at radius 1 is 0.722 bits per heavy atom. The van der Waals surface area contributed by atoms with Crippen LogP contribution in [0.2, 0.25) is 0 Å². The van der Waals surface area contributed by atoms with Crippen LogP contribution in [0.3, 0.4) is 0 Å². The van der Waals surface area contributed by atoms with Gasteiger partial charge in [0, 0.05) is 6.42 Å². The van der Waals surface area contributed by atoms with E-state index in [1.165, 1.54) is 43.4 Å². The second-order valence-electron chi connectivity index (χ2n) is 9.17. The Bertz CT molecular complexity index is 1480. The number of rotatable bonds is 7. The van der Waals surface area contributed by atoms with Crippen molar-refractivity contribution >= 4 is 40.6 Å². The molecule has 0 aliphatic carbocycles. The Kier molecular flexibility index (Phi) is 6.98. The molecule has 0 spiro atoms. The van der Waals surface area contributed by atoms with Crippen molar-refractivity contribution in [2.75, 3.05) is 0 Å². The number of fused-ring (bicyclic) bond motifs is 1. The van der Waals surface area contributed by atoms with E-state index in [2.05, 4.69) is 123 Å². The van der Waals surface area contributed by atoms with Crippen LogP contribution in [-0.2, 0) is 11.2 Å². The van der Waals surface area contributed by atoms with E-state index in [-0.39, 0.29) is 6.42 Å². The normalized spacial score (nSPS) is 11.2. The van der Waals surface area contributed by atoms with Gasteiger partial charge < -0.3 is 5.11 Å². The molecule has 0 radical (unpaired) electrons. The first-order chi connectivity index (χ1) is 17.5. The highest BCUT2D eigenvalue weighted by atomic mass is 31.1. The van der Waals surface area contributed by atoms with Gasteiger partial charge in [-0.15, -0.1) is 0 Å². The molecule has 0 bridgehead atoms. The molecule has 178 valence electrons. The second kappa shape index (κ2) is 10.5. The fourth-order valence-electron chi connectivity index (χ4n) is 4.85. The van der Waals surface area contributed by atoms with E-state index in [4.69, 9.17) is 0 Å². The van der Waals surface area contributed by atoms with E-state index in [0.29, 0.717) is 6.42 Å². The van der Waals surface area contributed by atoms with Gasteiger partial charge in [0.15, 0.2) is 0 Å². The Morgan fingerprint density at radius 2 is 1.31 bits per heavy atom. The highest BCUT2D eigenvalue weighted by Gasteiger charge is 2.23. The maximum atomic E-state index is 11.5. The second-order valence-corrected chi connectivity index (χ2v) is 11.4. The SMILES string of the molecule is Cc1cc(-c2c(CCC(=O)O)ccc3ccccc23)c(P(c2ccccc2)c2ccccc2)cc1C. The van der Waals surface area contributed by atoms with Crippen LogP contribution < -0.4 is 15.9 Å². The minimum absolute atomic E-state index is 0.109. The van der Waals surface area contributed by atoms with E-state index in [9.17, 15) is 9.90 Å². The largest absolute Gasteiger partial charge is 0.481 e. The number of carboxylic acids is 1. The molecular formula is C33H29O2P. The summed E-state index contributed by atoms with van der Waals surface area (Å²) in [6.07, 6.45) is 0.605. The molecule has 5 aromatic carbocycles. The zero-order valence-corrected chi connectivity index (χ0v) is 21.5. The van der Waals surface area contributed by atoms with Crippen LogP contribution in [-0.4, -0.2) is 11.1 Å². The summed E-state index contributed by atoms with van der Waals surface area (Å²) in [5.74, 6) is -0.773. The lowest BCUT2D eigenvalue weighted by atomic mass is 9.90. The molecule has 3 heteroatoms. The maximum Gasteiger partial charge on any atom is 0.303 e. The number of carbonyl (C=O) groups is 1. The summed E-state index contributed by atoms with van der Waals surface area (Å²) >= 11 is 0. The van der Waals surface area contributed by atoms with Crippen molar-refractivity contribution in [3.05, 3.63) is 126 Å². The fourth-order valence-corrected chi connectivity index (χ4v) is 7.39. The monoisotopic (exact) mass is 488 g/mol. The summed E-state index contributed by atoms with van der Waals surface area (Å²) in [7, 11) is -0.825. The number of hydrogen-bond acceptors (Lipinski definition) is 1. The zero-order chi connectivity index (χ0) is 25.1. The molecule has 0 aliphatic rings. The lowest BCUT2D eigenvalue weighted by Gasteiger charge is -2.25. The van der Waals surface area contributed by atoms with Crippen LogP contribution in [0.15, 0.2) is 109 Å². The molecule has 0 heterocycles. The molecule has 2 nitrogen and oxygen atoms in total. The van der Waals surface area contributed by atoms with Gasteiger partial charge in [-0.2, -0.15) is 0 Å². The number of benzene rings is 5. The van der Waals surface area contributed by atoms with Crippen LogP contribution in [0.5, 0.6) is 0 Å². The third kappa shape index (κ3) is 4.83. The minimum Gasteiger partial charge on any atom is -0.481 e. The van der Waals surface area contributed by atoms with Crippen molar-refractivity contribution in [2.24, 2.45) is 0 Å². The maximum absolute atomic E-state index is 11.5. The van der Waals surface area contributed by atoms with E-state index in [0.717, 1.165) is 11.1 Å². The van der Waals surface area contributed by atoms with Gasteiger partial charge >= 0.3 is 5.97 Å². The smallest absolute Gasteiger partial charge is 0.303 e. The van der Waals surface area contributed by atoms with Crippen molar-refractivity contribution in [1.82, 2.24) is 0 Å². The first kappa shape index (κ1) is 24.0. The predicted molar refractivity (Wildman–Crippen MR) is 154 cm³/mol. The summed E-state index contributed by atoms with van der Waals surface area (Å²) in [5.41, 5.74) is 5.94. The number of carboxylic acid groups (broad SMARTS) is 1. The van der Waals surface area contributed by atoms with Crippen molar-refractivity contribution in [2.45, 2.75) is 26.7 Å². The summed E-state index contributed by atoms with van der Waals surface area (Å²) in [5, 5.41) is 15.7. The Balaban J connectivity index is 1.84. The molecule has 5 rings (SSSR count). The molecule has 1 N–H and O–H groups in total. The molecule has 0 saturated carbocycles. The molecule has 0 atom stereocenters. The van der Waals surface area contributed by atoms with Gasteiger partial charge in [0.05, 0.1) is 0 Å². The van der Waals surface area contributed by atoms with Gasteiger partial charge in [-0.25, -0.2) is 0 Å². The summed E-state index contributed by atoms with van der Waals surface area (Å²) < 4.78 is 0. The van der Waals surface area contributed by atoms with Crippen molar-refractivity contribution in [3.63, 3.8) is 0 Å². The topological polar surface area (TPSA) is 37.3 Å². The number of aryl methyl sites for hydroxylation is 3. The predicted octanol–water partition coefficient (Wildman–Crippen LogP) is 6.90. The van der Waals surface area contributed by atoms with Crippen LogP contribution in [0, 0.1) is 13.8 Å². The van der Waals surface area contributed by atoms with Crippen molar-refractivity contribution in [3.8, 4) is 11.1 Å². The van der Waals surface area contributed by atoms with Crippen LogP contribution in [0.4, 0.5) is 0 Å². The first-order valence-corrected chi connectivity index (χ1v) is 13.6. The van der Waals surface area contributed by atoms with E-state index in [1.54, 1.807) is 0 Å². The molecule has 0 amide bonds. The molecule has 0 unspecified atom stereocenters. The Hall–Kier alpha value is -3.74. The summed E-state index contributed by atoms with van der Waals surface area (Å²) in [4.78, 5) is 11.5. The molecule has 0 aliphatic heterocycles. The van der Waals surface area contributed by atoms with Gasteiger partial charge in [-0.3, -0.25) is 4.79 Å². The van der Waals surface area contributed by atoms with Crippen LogP contribution in [0.25, 0.3) is 21.9 Å². The van der Waals surface area contributed by atoms with Gasteiger partial charge in [-0.05, 0) is 82.7 Å². The lowest BCUT2D eigenvalue weighted by molar-refractivity contribution is -0.136. The number of hydrogen-bond donors (Lipinski definition) is 1. The van der Waals surface area contributed by atoms with E-state index >= 15 is 0 Å². The Labute approximate surface area is 214 Å². The van der Waals surface area contributed by atoms with Gasteiger partial charge in [-0.1, -0.05) is 109 Å². The quantitative estimate of drug-likeness (QED) is 0.253. The van der Waals surface area contributed by atoms with Gasteiger partial charge in [0.2, 0.25) is 0 Å². The highest BCUT2D eigenvalue weighted by Crippen LogP contribution is 2.41. The average Bonchev–Trinajstić information content (AvgIpc) is 2.90.